The number of furan rings is 1. The van der Waals surface area contributed by atoms with Crippen molar-refractivity contribution in [2.24, 2.45) is 0 Å². The maximum atomic E-state index is 6.39. The largest absolute Gasteiger partial charge is 0.456 e. The third kappa shape index (κ3) is 4.91. The summed E-state index contributed by atoms with van der Waals surface area (Å²) in [6.45, 7) is 4.62. The molecule has 0 unspecified atom stereocenters. The van der Waals surface area contributed by atoms with Crippen LogP contribution >= 0.6 is 0 Å². The lowest BCUT2D eigenvalue weighted by molar-refractivity contribution is 0.660. The summed E-state index contributed by atoms with van der Waals surface area (Å²) >= 11 is 0. The van der Waals surface area contributed by atoms with E-state index in [1.54, 1.807) is 0 Å². The Hall–Kier alpha value is -7.43. The van der Waals surface area contributed by atoms with Gasteiger partial charge in [0.15, 0.2) is 17.5 Å². The molecule has 0 bridgehead atoms. The number of fused-ring (bicyclic) bond motifs is 12. The van der Waals surface area contributed by atoms with Crippen LogP contribution in [0, 0.1) is 0 Å². The van der Waals surface area contributed by atoms with E-state index in [0.717, 1.165) is 60.4 Å². The highest BCUT2D eigenvalue weighted by atomic mass is 16.3. The summed E-state index contributed by atoms with van der Waals surface area (Å²) in [6, 6.07) is 62.5. The smallest absolute Gasteiger partial charge is 0.164 e. The van der Waals surface area contributed by atoms with E-state index in [1.165, 1.54) is 44.0 Å². The van der Waals surface area contributed by atoms with E-state index in [-0.39, 0.29) is 5.41 Å². The van der Waals surface area contributed by atoms with E-state index in [2.05, 4.69) is 172 Å². The Morgan fingerprint density at radius 3 is 1.62 bits per heavy atom. The minimum atomic E-state index is -0.149. The van der Waals surface area contributed by atoms with Crippen LogP contribution < -0.4 is 0 Å². The molecule has 2 aromatic heterocycles. The number of rotatable bonds is 4. The zero-order valence-corrected chi connectivity index (χ0v) is 32.0. The van der Waals surface area contributed by atoms with E-state index in [0.29, 0.717) is 17.5 Å². The van der Waals surface area contributed by atoms with Gasteiger partial charge in [-0.1, -0.05) is 159 Å². The van der Waals surface area contributed by atoms with Gasteiger partial charge in [0.2, 0.25) is 0 Å². The van der Waals surface area contributed by atoms with Gasteiger partial charge in [0.25, 0.3) is 0 Å². The second-order valence-electron chi connectivity index (χ2n) is 16.0. The first-order valence-corrected chi connectivity index (χ1v) is 19.8. The first-order valence-electron chi connectivity index (χ1n) is 19.8. The van der Waals surface area contributed by atoms with Crippen molar-refractivity contribution in [2.45, 2.75) is 19.3 Å². The molecule has 0 saturated carbocycles. The van der Waals surface area contributed by atoms with Gasteiger partial charge in [0, 0.05) is 32.9 Å². The van der Waals surface area contributed by atoms with Crippen LogP contribution in [0.5, 0.6) is 0 Å². The standard InChI is InChI=1S/C54H35N3O/c1-54(2)47-18-10-8-16-40(47)41-27-25-36(29-48(41)54)53-56-51(34-22-20-33(21-23-34)32-12-4-3-5-13-32)55-52(57-53)35-24-26-39-43(28-35)37-14-6-7-15-38(37)44-30-46-42-17-9-11-19-49(42)58-50(46)31-45(39)44/h3-31H,1-2H3. The highest BCUT2D eigenvalue weighted by molar-refractivity contribution is 6.28. The molecule has 0 fully saturated rings. The summed E-state index contributed by atoms with van der Waals surface area (Å²) in [5, 5.41) is 9.31. The number of hydrogen-bond acceptors (Lipinski definition) is 4. The van der Waals surface area contributed by atoms with Gasteiger partial charge in [0.1, 0.15) is 11.2 Å². The maximum absolute atomic E-state index is 6.39. The van der Waals surface area contributed by atoms with Crippen molar-refractivity contribution in [1.29, 1.82) is 0 Å². The molecule has 0 atom stereocenters. The van der Waals surface area contributed by atoms with Crippen molar-refractivity contribution in [1.82, 2.24) is 15.0 Å². The van der Waals surface area contributed by atoms with E-state index in [9.17, 15) is 0 Å². The molecule has 4 nitrogen and oxygen atoms in total. The zero-order chi connectivity index (χ0) is 38.5. The average Bonchev–Trinajstić information content (AvgIpc) is 3.76. The van der Waals surface area contributed by atoms with Crippen LogP contribution in [0.4, 0.5) is 0 Å². The lowest BCUT2D eigenvalue weighted by atomic mass is 9.82. The second kappa shape index (κ2) is 12.3. The molecule has 0 amide bonds. The number of hydrogen-bond donors (Lipinski definition) is 0. The predicted molar refractivity (Wildman–Crippen MR) is 239 cm³/mol. The van der Waals surface area contributed by atoms with Crippen LogP contribution in [-0.4, -0.2) is 15.0 Å². The summed E-state index contributed by atoms with van der Waals surface area (Å²) < 4.78 is 6.39. The molecule has 0 spiro atoms. The Labute approximate surface area is 335 Å². The summed E-state index contributed by atoms with van der Waals surface area (Å²) in [7, 11) is 0. The normalized spacial score (nSPS) is 13.1. The van der Waals surface area contributed by atoms with Gasteiger partial charge >= 0.3 is 0 Å². The minimum absolute atomic E-state index is 0.149. The molecule has 11 aromatic rings. The van der Waals surface area contributed by atoms with Gasteiger partial charge in [-0.2, -0.15) is 0 Å². The fourth-order valence-corrected chi connectivity index (χ4v) is 9.36. The van der Waals surface area contributed by atoms with Gasteiger partial charge < -0.3 is 4.42 Å². The average molecular weight is 742 g/mol. The molecule has 0 N–H and O–H groups in total. The SMILES string of the molecule is CC1(C)c2ccccc2-c2ccc(-c3nc(-c4ccc(-c5ccccc5)cc4)nc(-c4ccc5c(c4)c4ccccc4c4cc6c(cc54)oc4ccccc46)n3)cc21. The van der Waals surface area contributed by atoms with Gasteiger partial charge in [-0.3, -0.25) is 0 Å². The Kier molecular flexibility index (Phi) is 6.94. The molecule has 9 aromatic carbocycles. The molecule has 1 aliphatic carbocycles. The summed E-state index contributed by atoms with van der Waals surface area (Å²) in [4.78, 5) is 15.7. The summed E-state index contributed by atoms with van der Waals surface area (Å²) in [5.74, 6) is 1.92. The van der Waals surface area contributed by atoms with Crippen molar-refractivity contribution in [3.05, 3.63) is 187 Å². The Bertz CT molecular complexity index is 3470. The molecule has 0 radical (unpaired) electrons. The first kappa shape index (κ1) is 32.8. The zero-order valence-electron chi connectivity index (χ0n) is 32.0. The van der Waals surface area contributed by atoms with Gasteiger partial charge in [-0.15, -0.1) is 0 Å². The van der Waals surface area contributed by atoms with E-state index in [4.69, 9.17) is 19.4 Å². The van der Waals surface area contributed by atoms with Crippen LogP contribution in [0.15, 0.2) is 180 Å². The van der Waals surface area contributed by atoms with Crippen LogP contribution in [0.1, 0.15) is 25.0 Å². The van der Waals surface area contributed by atoms with Crippen LogP contribution in [0.3, 0.4) is 0 Å². The van der Waals surface area contributed by atoms with Gasteiger partial charge in [-0.25, -0.2) is 15.0 Å². The quantitative estimate of drug-likeness (QED) is 0.169. The molecule has 272 valence electrons. The minimum Gasteiger partial charge on any atom is -0.456 e. The van der Waals surface area contributed by atoms with E-state index < -0.39 is 0 Å². The molecular formula is C54H35N3O. The number of aromatic nitrogens is 3. The number of para-hydroxylation sites is 1. The lowest BCUT2D eigenvalue weighted by Gasteiger charge is -2.21. The highest BCUT2D eigenvalue weighted by Gasteiger charge is 2.35. The summed E-state index contributed by atoms with van der Waals surface area (Å²) in [5.41, 5.74) is 12.0. The Morgan fingerprint density at radius 2 is 0.845 bits per heavy atom. The summed E-state index contributed by atoms with van der Waals surface area (Å²) in [6.07, 6.45) is 0. The third-order valence-corrected chi connectivity index (χ3v) is 12.3. The fraction of sp³-hybridized carbons (Fsp3) is 0.0556. The van der Waals surface area contributed by atoms with E-state index in [1.807, 2.05) is 18.2 Å². The molecule has 2 heterocycles. The van der Waals surface area contributed by atoms with Crippen molar-refractivity contribution in [2.75, 3.05) is 0 Å². The van der Waals surface area contributed by atoms with Crippen LogP contribution in [-0.2, 0) is 5.41 Å². The monoisotopic (exact) mass is 741 g/mol. The van der Waals surface area contributed by atoms with E-state index >= 15 is 0 Å². The van der Waals surface area contributed by atoms with Crippen LogP contribution in [0.25, 0.3) is 111 Å². The number of benzene rings is 9. The predicted octanol–water partition coefficient (Wildman–Crippen LogP) is 14.2. The molecule has 4 heteroatoms. The lowest BCUT2D eigenvalue weighted by Crippen LogP contribution is -2.15. The van der Waals surface area contributed by atoms with Crippen molar-refractivity contribution >= 4 is 54.3 Å². The number of nitrogens with zero attached hydrogens (tertiary/aromatic N) is 3. The second-order valence-corrected chi connectivity index (χ2v) is 16.0. The molecule has 0 aliphatic heterocycles. The molecule has 58 heavy (non-hydrogen) atoms. The van der Waals surface area contributed by atoms with Crippen LogP contribution in [0.2, 0.25) is 0 Å². The Balaban J connectivity index is 1.06. The highest BCUT2D eigenvalue weighted by Crippen LogP contribution is 2.49. The first-order chi connectivity index (χ1) is 28.5. The Morgan fingerprint density at radius 1 is 0.328 bits per heavy atom. The van der Waals surface area contributed by atoms with Crippen molar-refractivity contribution < 1.29 is 4.42 Å². The van der Waals surface area contributed by atoms with Gasteiger partial charge in [0.05, 0.1) is 0 Å². The molecule has 12 rings (SSSR count). The fourth-order valence-electron chi connectivity index (χ4n) is 9.36. The molecule has 1 aliphatic rings. The van der Waals surface area contributed by atoms with Crippen molar-refractivity contribution in [3.8, 4) is 56.4 Å². The maximum Gasteiger partial charge on any atom is 0.164 e. The third-order valence-electron chi connectivity index (χ3n) is 12.3. The molecule has 0 saturated heterocycles. The van der Waals surface area contributed by atoms with Crippen molar-refractivity contribution in [3.63, 3.8) is 0 Å². The van der Waals surface area contributed by atoms with Gasteiger partial charge in [-0.05, 0) is 96.0 Å². The molecular weight excluding hydrogens is 707 g/mol. The topological polar surface area (TPSA) is 51.8 Å².